The third kappa shape index (κ3) is 2.10. The molecule has 1 aromatic heterocycles. The van der Waals surface area contributed by atoms with Gasteiger partial charge in [0.25, 0.3) is 0 Å². The molecular formula is C5H6N2O2S. The summed E-state index contributed by atoms with van der Waals surface area (Å²) in [7, 11) is 0. The van der Waals surface area contributed by atoms with Gasteiger partial charge in [0.15, 0.2) is 0 Å². The number of hydrogen-bond acceptors (Lipinski definition) is 4. The first-order valence-corrected chi connectivity index (χ1v) is 3.60. The van der Waals surface area contributed by atoms with Crippen LogP contribution >= 0.6 is 11.5 Å². The summed E-state index contributed by atoms with van der Waals surface area (Å²) in [5.41, 5.74) is 0.757. The topological polar surface area (TPSA) is 63.1 Å². The lowest BCUT2D eigenvalue weighted by molar-refractivity contribution is -0.136. The molecule has 0 unspecified atom stereocenters. The van der Waals surface area contributed by atoms with E-state index in [1.165, 1.54) is 11.5 Å². The van der Waals surface area contributed by atoms with Gasteiger partial charge in [-0.25, -0.2) is 0 Å². The molecule has 0 aromatic carbocycles. The van der Waals surface area contributed by atoms with Crippen LogP contribution in [0.5, 0.6) is 0 Å². The van der Waals surface area contributed by atoms with Crippen LogP contribution in [0.15, 0.2) is 5.38 Å². The van der Waals surface area contributed by atoms with E-state index in [2.05, 4.69) is 9.59 Å². The average molecular weight is 158 g/mol. The van der Waals surface area contributed by atoms with E-state index in [1.54, 1.807) is 5.38 Å². The first-order chi connectivity index (χ1) is 4.79. The molecule has 1 heterocycles. The lowest BCUT2D eigenvalue weighted by Gasteiger charge is -1.87. The van der Waals surface area contributed by atoms with Crippen molar-refractivity contribution in [2.45, 2.75) is 12.8 Å². The van der Waals surface area contributed by atoms with Crippen molar-refractivity contribution in [3.63, 3.8) is 0 Å². The van der Waals surface area contributed by atoms with Crippen LogP contribution in [0.4, 0.5) is 0 Å². The summed E-state index contributed by atoms with van der Waals surface area (Å²) in [5, 5.41) is 13.7. The first-order valence-electron chi connectivity index (χ1n) is 2.77. The SMILES string of the molecule is O=C(O)CCc1csnn1. The molecule has 0 bridgehead atoms. The van der Waals surface area contributed by atoms with E-state index in [9.17, 15) is 4.79 Å². The molecule has 0 saturated carbocycles. The molecule has 0 aliphatic rings. The molecule has 0 aliphatic heterocycles. The maximum absolute atomic E-state index is 10.0. The molecular weight excluding hydrogens is 152 g/mol. The Morgan fingerprint density at radius 3 is 3.10 bits per heavy atom. The van der Waals surface area contributed by atoms with E-state index in [0.29, 0.717) is 6.42 Å². The number of rotatable bonds is 3. The highest BCUT2D eigenvalue weighted by atomic mass is 32.1. The highest BCUT2D eigenvalue weighted by molar-refractivity contribution is 7.03. The predicted octanol–water partition coefficient (Wildman–Crippen LogP) is 0.555. The number of carboxylic acid groups (broad SMARTS) is 1. The summed E-state index contributed by atoms with van der Waals surface area (Å²) in [5.74, 6) is -0.798. The molecule has 5 heteroatoms. The van der Waals surface area contributed by atoms with Gasteiger partial charge in [0.05, 0.1) is 12.1 Å². The molecule has 0 atom stereocenters. The average Bonchev–Trinajstić information content (AvgIpc) is 2.34. The molecule has 0 aliphatic carbocycles. The van der Waals surface area contributed by atoms with Crippen molar-refractivity contribution in [3.05, 3.63) is 11.1 Å². The third-order valence-corrected chi connectivity index (χ3v) is 1.55. The van der Waals surface area contributed by atoms with Crippen molar-refractivity contribution in [1.82, 2.24) is 9.59 Å². The Kier molecular flexibility index (Phi) is 2.33. The van der Waals surface area contributed by atoms with Gasteiger partial charge in [0.1, 0.15) is 0 Å². The number of aryl methyl sites for hydroxylation is 1. The predicted molar refractivity (Wildman–Crippen MR) is 35.9 cm³/mol. The minimum Gasteiger partial charge on any atom is -0.481 e. The summed E-state index contributed by atoms with van der Waals surface area (Å²) < 4.78 is 3.60. The van der Waals surface area contributed by atoms with Crippen LogP contribution in [0.2, 0.25) is 0 Å². The Balaban J connectivity index is 2.35. The fourth-order valence-corrected chi connectivity index (χ4v) is 1.01. The Morgan fingerprint density at radius 2 is 2.60 bits per heavy atom. The number of carbonyl (C=O) groups is 1. The van der Waals surface area contributed by atoms with Crippen molar-refractivity contribution >= 4 is 17.5 Å². The molecule has 1 rings (SSSR count). The van der Waals surface area contributed by atoms with Crippen LogP contribution in [0, 0.1) is 0 Å². The first kappa shape index (κ1) is 7.14. The van der Waals surface area contributed by atoms with Gasteiger partial charge in [0.2, 0.25) is 0 Å². The molecule has 0 saturated heterocycles. The second-order valence-corrected chi connectivity index (χ2v) is 2.40. The zero-order valence-corrected chi connectivity index (χ0v) is 5.97. The zero-order chi connectivity index (χ0) is 7.40. The van der Waals surface area contributed by atoms with Crippen LogP contribution in [0.3, 0.4) is 0 Å². The fraction of sp³-hybridized carbons (Fsp3) is 0.400. The number of hydrogen-bond donors (Lipinski definition) is 1. The Labute approximate surface area is 61.7 Å². The summed E-state index contributed by atoms with van der Waals surface area (Å²) >= 11 is 1.24. The Hall–Kier alpha value is -0.970. The molecule has 0 radical (unpaired) electrons. The lowest BCUT2D eigenvalue weighted by atomic mass is 10.3. The fourth-order valence-electron chi connectivity index (χ4n) is 0.528. The lowest BCUT2D eigenvalue weighted by Crippen LogP contribution is -1.97. The molecule has 1 N–H and O–H groups in total. The Bertz CT molecular complexity index is 209. The van der Waals surface area contributed by atoms with Gasteiger partial charge in [-0.2, -0.15) is 0 Å². The molecule has 54 valence electrons. The van der Waals surface area contributed by atoms with Gasteiger partial charge in [-0.15, -0.1) is 5.10 Å². The molecule has 10 heavy (non-hydrogen) atoms. The second kappa shape index (κ2) is 3.26. The van der Waals surface area contributed by atoms with Crippen molar-refractivity contribution in [3.8, 4) is 0 Å². The van der Waals surface area contributed by atoms with Gasteiger partial charge in [-0.1, -0.05) is 4.49 Å². The van der Waals surface area contributed by atoms with E-state index < -0.39 is 5.97 Å². The third-order valence-electron chi connectivity index (χ3n) is 1.00. The largest absolute Gasteiger partial charge is 0.481 e. The minimum absolute atomic E-state index is 0.130. The van der Waals surface area contributed by atoms with Crippen molar-refractivity contribution in [2.75, 3.05) is 0 Å². The number of aromatic nitrogens is 2. The monoisotopic (exact) mass is 158 g/mol. The standard InChI is InChI=1S/C5H6N2O2S/c8-5(9)2-1-4-3-10-7-6-4/h3H,1-2H2,(H,8,9). The highest BCUT2D eigenvalue weighted by Crippen LogP contribution is 2.00. The molecule has 0 fully saturated rings. The summed E-state index contributed by atoms with van der Waals surface area (Å²) in [6.45, 7) is 0. The van der Waals surface area contributed by atoms with Gasteiger partial charge < -0.3 is 5.11 Å². The minimum atomic E-state index is -0.798. The summed E-state index contributed by atoms with van der Waals surface area (Å²) in [4.78, 5) is 10.0. The van der Waals surface area contributed by atoms with Crippen LogP contribution in [0.1, 0.15) is 12.1 Å². The normalized spacial score (nSPS) is 9.60. The van der Waals surface area contributed by atoms with E-state index in [0.717, 1.165) is 5.69 Å². The number of nitrogens with zero attached hydrogens (tertiary/aromatic N) is 2. The van der Waals surface area contributed by atoms with Gasteiger partial charge in [-0.05, 0) is 11.5 Å². The van der Waals surface area contributed by atoms with E-state index in [4.69, 9.17) is 5.11 Å². The van der Waals surface area contributed by atoms with Crippen LogP contribution in [-0.2, 0) is 11.2 Å². The zero-order valence-electron chi connectivity index (χ0n) is 5.15. The smallest absolute Gasteiger partial charge is 0.303 e. The van der Waals surface area contributed by atoms with E-state index in [1.807, 2.05) is 0 Å². The molecule has 0 spiro atoms. The number of aliphatic carboxylic acids is 1. The van der Waals surface area contributed by atoms with Gasteiger partial charge >= 0.3 is 5.97 Å². The van der Waals surface area contributed by atoms with Crippen molar-refractivity contribution < 1.29 is 9.90 Å². The quantitative estimate of drug-likeness (QED) is 0.698. The second-order valence-electron chi connectivity index (χ2n) is 1.79. The van der Waals surface area contributed by atoms with Crippen LogP contribution < -0.4 is 0 Å². The summed E-state index contributed by atoms with van der Waals surface area (Å²) in [6, 6.07) is 0. The molecule has 1 aromatic rings. The molecule has 4 nitrogen and oxygen atoms in total. The van der Waals surface area contributed by atoms with Crippen LogP contribution in [0.25, 0.3) is 0 Å². The van der Waals surface area contributed by atoms with Crippen molar-refractivity contribution in [1.29, 1.82) is 0 Å². The Morgan fingerprint density at radius 1 is 1.80 bits per heavy atom. The highest BCUT2D eigenvalue weighted by Gasteiger charge is 1.99. The van der Waals surface area contributed by atoms with Crippen molar-refractivity contribution in [2.24, 2.45) is 0 Å². The maximum Gasteiger partial charge on any atom is 0.303 e. The molecule has 0 amide bonds. The number of carboxylic acids is 1. The van der Waals surface area contributed by atoms with Gasteiger partial charge in [0, 0.05) is 11.8 Å². The summed E-state index contributed by atoms with van der Waals surface area (Å²) in [6.07, 6.45) is 0.608. The van der Waals surface area contributed by atoms with E-state index in [-0.39, 0.29) is 6.42 Å². The van der Waals surface area contributed by atoms with Gasteiger partial charge in [-0.3, -0.25) is 4.79 Å². The van der Waals surface area contributed by atoms with E-state index >= 15 is 0 Å². The maximum atomic E-state index is 10.0. The van der Waals surface area contributed by atoms with Crippen LogP contribution in [-0.4, -0.2) is 20.7 Å².